The molecule has 1 fully saturated rings. The minimum absolute atomic E-state index is 0.254. The van der Waals surface area contributed by atoms with E-state index in [1.165, 1.54) is 4.90 Å². The van der Waals surface area contributed by atoms with Crippen molar-refractivity contribution in [2.24, 2.45) is 0 Å². The molecule has 0 radical (unpaired) electrons. The van der Waals surface area contributed by atoms with Crippen LogP contribution in [0.25, 0.3) is 0 Å². The summed E-state index contributed by atoms with van der Waals surface area (Å²) in [5, 5.41) is 12.8. The van der Waals surface area contributed by atoms with Gasteiger partial charge in [0.2, 0.25) is 0 Å². The number of rotatable bonds is 2. The molecule has 0 atom stereocenters. The van der Waals surface area contributed by atoms with Gasteiger partial charge in [0, 0.05) is 24.2 Å². The molecule has 0 spiro atoms. The molecule has 0 bridgehead atoms. The van der Waals surface area contributed by atoms with E-state index >= 15 is 0 Å². The fraction of sp³-hybridized carbons (Fsp3) is 0.417. The zero-order valence-corrected chi connectivity index (χ0v) is 10.7. The third kappa shape index (κ3) is 2.98. The Balaban J connectivity index is 1.93. The highest BCUT2D eigenvalue weighted by atomic mass is 35.5. The summed E-state index contributed by atoms with van der Waals surface area (Å²) in [5.41, 5.74) is 7.33. The quantitative estimate of drug-likeness (QED) is 0.721. The summed E-state index contributed by atoms with van der Waals surface area (Å²) in [7, 11) is 0. The predicted octanol–water partition coefficient (Wildman–Crippen LogP) is 2.48. The van der Waals surface area contributed by atoms with Gasteiger partial charge in [-0.3, -0.25) is 0 Å². The molecule has 0 aliphatic carbocycles. The number of halogens is 1. The third-order valence-corrected chi connectivity index (χ3v) is 3.37. The molecule has 6 heteroatoms. The maximum Gasteiger partial charge on any atom is 0.407 e. The van der Waals surface area contributed by atoms with Gasteiger partial charge in [0.1, 0.15) is 0 Å². The van der Waals surface area contributed by atoms with Gasteiger partial charge in [0.15, 0.2) is 0 Å². The lowest BCUT2D eigenvalue weighted by Crippen LogP contribution is -2.41. The Morgan fingerprint density at radius 1 is 1.44 bits per heavy atom. The van der Waals surface area contributed by atoms with Gasteiger partial charge < -0.3 is 21.1 Å². The first-order chi connectivity index (χ1) is 8.56. The van der Waals surface area contributed by atoms with Crippen LogP contribution in [0.15, 0.2) is 18.2 Å². The van der Waals surface area contributed by atoms with E-state index < -0.39 is 6.09 Å². The molecule has 1 aliphatic rings. The normalized spacial score (nSPS) is 16.6. The molecule has 1 amide bonds. The van der Waals surface area contributed by atoms with Crippen molar-refractivity contribution in [1.82, 2.24) is 4.90 Å². The number of carbonyl (C=O) groups is 1. The van der Waals surface area contributed by atoms with Gasteiger partial charge in [-0.1, -0.05) is 11.6 Å². The molecule has 1 heterocycles. The van der Waals surface area contributed by atoms with Crippen molar-refractivity contribution in [3.8, 4) is 0 Å². The van der Waals surface area contributed by atoms with E-state index in [0.29, 0.717) is 23.8 Å². The molecule has 5 nitrogen and oxygen atoms in total. The Morgan fingerprint density at radius 2 is 2.11 bits per heavy atom. The fourth-order valence-electron chi connectivity index (χ4n) is 2.10. The van der Waals surface area contributed by atoms with E-state index in [2.05, 4.69) is 5.32 Å². The number of nitrogen functional groups attached to an aromatic ring is 1. The molecular formula is C12H16ClN3O2. The Hall–Kier alpha value is -1.62. The van der Waals surface area contributed by atoms with E-state index in [-0.39, 0.29) is 6.04 Å². The van der Waals surface area contributed by atoms with Crippen LogP contribution < -0.4 is 11.1 Å². The molecule has 2 rings (SSSR count). The minimum Gasteiger partial charge on any atom is -0.465 e. The van der Waals surface area contributed by atoms with Gasteiger partial charge in [-0.05, 0) is 31.0 Å². The van der Waals surface area contributed by atoms with Crippen molar-refractivity contribution in [2.75, 3.05) is 24.1 Å². The highest BCUT2D eigenvalue weighted by molar-refractivity contribution is 6.31. The van der Waals surface area contributed by atoms with E-state index in [0.717, 1.165) is 18.5 Å². The Labute approximate surface area is 111 Å². The maximum absolute atomic E-state index is 10.8. The average molecular weight is 270 g/mol. The summed E-state index contributed by atoms with van der Waals surface area (Å²) in [6.07, 6.45) is 0.724. The second-order valence-corrected chi connectivity index (χ2v) is 4.86. The summed E-state index contributed by atoms with van der Waals surface area (Å²) in [5.74, 6) is 0. The summed E-state index contributed by atoms with van der Waals surface area (Å²) < 4.78 is 0. The highest BCUT2D eigenvalue weighted by Gasteiger charge is 2.22. The monoisotopic (exact) mass is 269 g/mol. The maximum atomic E-state index is 10.8. The summed E-state index contributed by atoms with van der Waals surface area (Å²) in [6, 6.07) is 5.59. The number of piperidine rings is 1. The first kappa shape index (κ1) is 12.8. The van der Waals surface area contributed by atoms with Crippen LogP contribution in [0.1, 0.15) is 12.8 Å². The van der Waals surface area contributed by atoms with Crippen LogP contribution in [0.4, 0.5) is 16.2 Å². The molecule has 1 aromatic carbocycles. The molecule has 4 N–H and O–H groups in total. The van der Waals surface area contributed by atoms with Crippen LogP contribution in [0, 0.1) is 0 Å². The molecule has 18 heavy (non-hydrogen) atoms. The Kier molecular flexibility index (Phi) is 3.81. The molecule has 1 aliphatic heterocycles. The van der Waals surface area contributed by atoms with E-state index in [9.17, 15) is 4.79 Å². The number of likely N-dealkylation sites (tertiary alicyclic amines) is 1. The molecule has 1 saturated heterocycles. The summed E-state index contributed by atoms with van der Waals surface area (Å²) in [4.78, 5) is 12.2. The number of anilines is 2. The van der Waals surface area contributed by atoms with Crippen molar-refractivity contribution in [2.45, 2.75) is 18.9 Å². The topological polar surface area (TPSA) is 78.6 Å². The standard InChI is InChI=1S/C12H16ClN3O2/c13-8-1-2-11(10(14)7-8)15-9-3-5-16(6-4-9)12(17)18/h1-2,7,9,15H,3-6,14H2,(H,17,18). The van der Waals surface area contributed by atoms with Crippen LogP contribution >= 0.6 is 11.6 Å². The van der Waals surface area contributed by atoms with Crippen molar-refractivity contribution < 1.29 is 9.90 Å². The lowest BCUT2D eigenvalue weighted by atomic mass is 10.0. The van der Waals surface area contributed by atoms with Crippen LogP contribution in [-0.2, 0) is 0 Å². The number of carboxylic acid groups (broad SMARTS) is 1. The van der Waals surface area contributed by atoms with Gasteiger partial charge in [-0.15, -0.1) is 0 Å². The molecule has 0 aromatic heterocycles. The van der Waals surface area contributed by atoms with Crippen LogP contribution in [0.3, 0.4) is 0 Å². The van der Waals surface area contributed by atoms with Crippen molar-refractivity contribution in [1.29, 1.82) is 0 Å². The predicted molar refractivity (Wildman–Crippen MR) is 72.1 cm³/mol. The van der Waals surface area contributed by atoms with Gasteiger partial charge >= 0.3 is 6.09 Å². The van der Waals surface area contributed by atoms with Crippen molar-refractivity contribution in [3.63, 3.8) is 0 Å². The second-order valence-electron chi connectivity index (χ2n) is 4.42. The number of hydrogen-bond donors (Lipinski definition) is 3. The van der Waals surface area contributed by atoms with Crippen LogP contribution in [0.2, 0.25) is 5.02 Å². The van der Waals surface area contributed by atoms with Crippen molar-refractivity contribution in [3.05, 3.63) is 23.2 Å². The fourth-order valence-corrected chi connectivity index (χ4v) is 2.28. The van der Waals surface area contributed by atoms with Gasteiger partial charge in [-0.25, -0.2) is 4.79 Å². The smallest absolute Gasteiger partial charge is 0.407 e. The molecule has 0 unspecified atom stereocenters. The average Bonchev–Trinajstić information content (AvgIpc) is 2.33. The SMILES string of the molecule is Nc1cc(Cl)ccc1NC1CCN(C(=O)O)CC1. The second kappa shape index (κ2) is 5.35. The zero-order chi connectivity index (χ0) is 13.1. The van der Waals surface area contributed by atoms with Gasteiger partial charge in [0.25, 0.3) is 0 Å². The molecule has 1 aromatic rings. The summed E-state index contributed by atoms with van der Waals surface area (Å²) >= 11 is 5.83. The first-order valence-corrected chi connectivity index (χ1v) is 6.23. The molecule has 98 valence electrons. The van der Waals surface area contributed by atoms with Gasteiger partial charge in [0.05, 0.1) is 11.4 Å². The van der Waals surface area contributed by atoms with E-state index in [1.54, 1.807) is 12.1 Å². The highest BCUT2D eigenvalue weighted by Crippen LogP contribution is 2.25. The number of nitrogens with two attached hydrogens (primary N) is 1. The van der Waals surface area contributed by atoms with Crippen molar-refractivity contribution >= 4 is 29.1 Å². The number of nitrogens with zero attached hydrogens (tertiary/aromatic N) is 1. The zero-order valence-electron chi connectivity index (χ0n) is 9.90. The number of hydrogen-bond acceptors (Lipinski definition) is 3. The molecular weight excluding hydrogens is 254 g/mol. The lowest BCUT2D eigenvalue weighted by molar-refractivity contribution is 0.134. The van der Waals surface area contributed by atoms with E-state index in [1.807, 2.05) is 6.07 Å². The number of benzene rings is 1. The van der Waals surface area contributed by atoms with E-state index in [4.69, 9.17) is 22.4 Å². The van der Waals surface area contributed by atoms with Crippen LogP contribution in [-0.4, -0.2) is 35.2 Å². The number of amides is 1. The number of nitrogens with one attached hydrogen (secondary N) is 1. The molecule has 0 saturated carbocycles. The van der Waals surface area contributed by atoms with Gasteiger partial charge in [-0.2, -0.15) is 0 Å². The minimum atomic E-state index is -0.848. The Morgan fingerprint density at radius 3 is 2.67 bits per heavy atom. The first-order valence-electron chi connectivity index (χ1n) is 5.85. The third-order valence-electron chi connectivity index (χ3n) is 3.14. The Bertz CT molecular complexity index is 445. The summed E-state index contributed by atoms with van der Waals surface area (Å²) in [6.45, 7) is 1.11. The largest absolute Gasteiger partial charge is 0.465 e. The van der Waals surface area contributed by atoms with Crippen LogP contribution in [0.5, 0.6) is 0 Å². The lowest BCUT2D eigenvalue weighted by Gasteiger charge is -2.31.